The molecule has 1 N–H and O–H groups in total. The third-order valence-electron chi connectivity index (χ3n) is 1.75. The van der Waals surface area contributed by atoms with Gasteiger partial charge in [-0.25, -0.2) is 4.79 Å². The number of amides is 2. The van der Waals surface area contributed by atoms with Gasteiger partial charge in [-0.05, 0) is 13.3 Å². The van der Waals surface area contributed by atoms with E-state index in [0.29, 0.717) is 13.2 Å². The molecule has 0 rings (SSSR count). The molecule has 0 aliphatic heterocycles. The van der Waals surface area contributed by atoms with E-state index in [1.165, 1.54) is 4.90 Å². The van der Waals surface area contributed by atoms with Crippen LogP contribution in [0.3, 0.4) is 0 Å². The summed E-state index contributed by atoms with van der Waals surface area (Å²) in [5, 5.41) is 2.45. The molecule has 90 valence electrons. The number of ether oxygens (including phenoxy) is 1. The SMILES string of the molecule is C#CCN(CCC)C(=O)NCC(=O)OCC. The Bertz CT molecular complexity index is 271. The van der Waals surface area contributed by atoms with Crippen molar-refractivity contribution >= 4 is 12.0 Å². The predicted molar refractivity (Wildman–Crippen MR) is 60.7 cm³/mol. The molecule has 0 atom stereocenters. The van der Waals surface area contributed by atoms with Crippen LogP contribution in [0.25, 0.3) is 0 Å². The van der Waals surface area contributed by atoms with E-state index in [2.05, 4.69) is 16.0 Å². The number of nitrogens with zero attached hydrogens (tertiary/aromatic N) is 1. The lowest BCUT2D eigenvalue weighted by Gasteiger charge is -2.19. The lowest BCUT2D eigenvalue weighted by atomic mass is 10.4. The van der Waals surface area contributed by atoms with Crippen LogP contribution in [0.4, 0.5) is 4.79 Å². The summed E-state index contributed by atoms with van der Waals surface area (Å²) in [5.74, 6) is 1.94. The fourth-order valence-corrected chi connectivity index (χ4v) is 1.10. The number of terminal acetylenes is 1. The predicted octanol–water partition coefficient (Wildman–Crippen LogP) is 0.604. The Morgan fingerprint density at radius 2 is 2.12 bits per heavy atom. The van der Waals surface area contributed by atoms with Crippen molar-refractivity contribution in [2.75, 3.05) is 26.2 Å². The number of urea groups is 1. The molecular weight excluding hydrogens is 208 g/mol. The van der Waals surface area contributed by atoms with Crippen LogP contribution in [-0.2, 0) is 9.53 Å². The maximum absolute atomic E-state index is 11.5. The van der Waals surface area contributed by atoms with Crippen LogP contribution < -0.4 is 5.32 Å². The molecule has 0 aliphatic rings. The summed E-state index contributed by atoms with van der Waals surface area (Å²) in [6.07, 6.45) is 5.95. The number of carbonyl (C=O) groups excluding carboxylic acids is 2. The fraction of sp³-hybridized carbons (Fsp3) is 0.636. The average molecular weight is 226 g/mol. The molecule has 5 heteroatoms. The quantitative estimate of drug-likeness (QED) is 0.533. The van der Waals surface area contributed by atoms with Crippen molar-refractivity contribution in [3.8, 4) is 12.3 Å². The second-order valence-corrected chi connectivity index (χ2v) is 3.09. The summed E-state index contributed by atoms with van der Waals surface area (Å²) in [4.78, 5) is 24.0. The highest BCUT2D eigenvalue weighted by Gasteiger charge is 2.12. The molecule has 0 heterocycles. The number of rotatable bonds is 6. The Morgan fingerprint density at radius 1 is 1.44 bits per heavy atom. The van der Waals surface area contributed by atoms with Crippen LogP contribution in [0.5, 0.6) is 0 Å². The van der Waals surface area contributed by atoms with Gasteiger partial charge in [0.05, 0.1) is 13.2 Å². The molecule has 0 unspecified atom stereocenters. The van der Waals surface area contributed by atoms with Crippen molar-refractivity contribution in [2.24, 2.45) is 0 Å². The van der Waals surface area contributed by atoms with E-state index in [-0.39, 0.29) is 19.1 Å². The zero-order valence-corrected chi connectivity index (χ0v) is 9.78. The van der Waals surface area contributed by atoms with Gasteiger partial charge in [0.1, 0.15) is 6.54 Å². The minimum Gasteiger partial charge on any atom is -0.465 e. The van der Waals surface area contributed by atoms with Gasteiger partial charge in [-0.3, -0.25) is 4.79 Å². The van der Waals surface area contributed by atoms with Gasteiger partial charge in [-0.2, -0.15) is 0 Å². The first-order valence-electron chi connectivity index (χ1n) is 5.27. The first-order chi connectivity index (χ1) is 7.65. The minimum absolute atomic E-state index is 0.128. The van der Waals surface area contributed by atoms with Gasteiger partial charge in [-0.15, -0.1) is 6.42 Å². The number of nitrogens with one attached hydrogen (secondary N) is 1. The Hall–Kier alpha value is -1.70. The molecule has 0 fully saturated rings. The molecule has 16 heavy (non-hydrogen) atoms. The van der Waals surface area contributed by atoms with Gasteiger partial charge in [0.25, 0.3) is 0 Å². The second-order valence-electron chi connectivity index (χ2n) is 3.09. The Kier molecular flexibility index (Phi) is 7.68. The van der Waals surface area contributed by atoms with Crippen LogP contribution in [-0.4, -0.2) is 43.1 Å². The summed E-state index contributed by atoms with van der Waals surface area (Å²) >= 11 is 0. The van der Waals surface area contributed by atoms with E-state index in [4.69, 9.17) is 6.42 Å². The van der Waals surface area contributed by atoms with E-state index in [0.717, 1.165) is 6.42 Å². The van der Waals surface area contributed by atoms with E-state index >= 15 is 0 Å². The highest BCUT2D eigenvalue weighted by molar-refractivity contribution is 5.80. The number of esters is 1. The molecule has 0 aromatic rings. The normalized spacial score (nSPS) is 9.06. The fourth-order valence-electron chi connectivity index (χ4n) is 1.10. The molecule has 2 amide bonds. The molecule has 0 spiro atoms. The monoisotopic (exact) mass is 226 g/mol. The highest BCUT2D eigenvalue weighted by Crippen LogP contribution is 1.91. The lowest BCUT2D eigenvalue weighted by Crippen LogP contribution is -2.42. The summed E-state index contributed by atoms with van der Waals surface area (Å²) in [6.45, 7) is 4.64. The van der Waals surface area contributed by atoms with Crippen LogP contribution in [0.1, 0.15) is 20.3 Å². The van der Waals surface area contributed by atoms with Crippen LogP contribution in [0.15, 0.2) is 0 Å². The number of hydrogen-bond acceptors (Lipinski definition) is 3. The highest BCUT2D eigenvalue weighted by atomic mass is 16.5. The van der Waals surface area contributed by atoms with Crippen LogP contribution >= 0.6 is 0 Å². The molecule has 0 aliphatic carbocycles. The van der Waals surface area contributed by atoms with Crippen LogP contribution in [0.2, 0.25) is 0 Å². The Morgan fingerprint density at radius 3 is 2.62 bits per heavy atom. The van der Waals surface area contributed by atoms with Crippen molar-refractivity contribution in [1.29, 1.82) is 0 Å². The van der Waals surface area contributed by atoms with Gasteiger partial charge in [0, 0.05) is 6.54 Å². The second kappa shape index (κ2) is 8.60. The summed E-state index contributed by atoms with van der Waals surface area (Å²) < 4.78 is 4.68. The maximum atomic E-state index is 11.5. The van der Waals surface area contributed by atoms with Gasteiger partial charge in [-0.1, -0.05) is 12.8 Å². The summed E-state index contributed by atoms with van der Waals surface area (Å²) in [7, 11) is 0. The van der Waals surface area contributed by atoms with Crippen molar-refractivity contribution in [1.82, 2.24) is 10.2 Å². The molecule has 0 bridgehead atoms. The van der Waals surface area contributed by atoms with Crippen molar-refractivity contribution in [2.45, 2.75) is 20.3 Å². The lowest BCUT2D eigenvalue weighted by molar-refractivity contribution is -0.141. The first-order valence-corrected chi connectivity index (χ1v) is 5.27. The van der Waals surface area contributed by atoms with Crippen molar-refractivity contribution < 1.29 is 14.3 Å². The van der Waals surface area contributed by atoms with E-state index in [1.807, 2.05) is 6.92 Å². The van der Waals surface area contributed by atoms with Gasteiger partial charge in [0.2, 0.25) is 0 Å². The molecule has 0 radical (unpaired) electrons. The summed E-state index contributed by atoms with van der Waals surface area (Å²) in [6, 6.07) is -0.340. The van der Waals surface area contributed by atoms with Crippen LogP contribution in [0, 0.1) is 12.3 Å². The average Bonchev–Trinajstić information content (AvgIpc) is 2.26. The zero-order valence-electron chi connectivity index (χ0n) is 9.78. The van der Waals surface area contributed by atoms with E-state index in [1.54, 1.807) is 6.92 Å². The van der Waals surface area contributed by atoms with E-state index < -0.39 is 5.97 Å². The Balaban J connectivity index is 4.01. The molecule has 0 saturated heterocycles. The van der Waals surface area contributed by atoms with Gasteiger partial charge >= 0.3 is 12.0 Å². The first kappa shape index (κ1) is 14.3. The maximum Gasteiger partial charge on any atom is 0.325 e. The molecular formula is C11H18N2O3. The number of carbonyl (C=O) groups is 2. The third kappa shape index (κ3) is 5.91. The molecule has 0 aromatic carbocycles. The third-order valence-corrected chi connectivity index (χ3v) is 1.75. The Labute approximate surface area is 96.1 Å². The minimum atomic E-state index is -0.451. The number of hydrogen-bond donors (Lipinski definition) is 1. The molecule has 0 aromatic heterocycles. The van der Waals surface area contributed by atoms with Gasteiger partial charge in [0.15, 0.2) is 0 Å². The van der Waals surface area contributed by atoms with E-state index in [9.17, 15) is 9.59 Å². The zero-order chi connectivity index (χ0) is 12.4. The van der Waals surface area contributed by atoms with Crippen molar-refractivity contribution in [3.63, 3.8) is 0 Å². The standard InChI is InChI=1S/C11H18N2O3/c1-4-7-13(8-5-2)11(15)12-9-10(14)16-6-3/h1H,5-9H2,2-3H3,(H,12,15). The smallest absolute Gasteiger partial charge is 0.325 e. The van der Waals surface area contributed by atoms with Crippen molar-refractivity contribution in [3.05, 3.63) is 0 Å². The molecule has 0 saturated carbocycles. The summed E-state index contributed by atoms with van der Waals surface area (Å²) in [5.41, 5.74) is 0. The topological polar surface area (TPSA) is 58.6 Å². The largest absolute Gasteiger partial charge is 0.465 e. The molecule has 5 nitrogen and oxygen atoms in total. The van der Waals surface area contributed by atoms with Gasteiger partial charge < -0.3 is 15.0 Å².